The molecule has 2 unspecified atom stereocenters. The highest BCUT2D eigenvalue weighted by molar-refractivity contribution is 5.39. The Labute approximate surface area is 98.4 Å². The molecule has 2 atom stereocenters. The van der Waals surface area contributed by atoms with E-state index >= 15 is 0 Å². The van der Waals surface area contributed by atoms with E-state index in [1.165, 1.54) is 25.1 Å². The average Bonchev–Trinajstić information content (AvgIpc) is 2.27. The highest BCUT2D eigenvalue weighted by atomic mass is 15.1. The predicted molar refractivity (Wildman–Crippen MR) is 69.1 cm³/mol. The van der Waals surface area contributed by atoms with Crippen LogP contribution in [0.15, 0.2) is 24.3 Å². The molecule has 1 saturated heterocycles. The zero-order chi connectivity index (χ0) is 11.5. The number of nitrogen functional groups attached to an aromatic ring is 1. The second-order valence-corrected chi connectivity index (χ2v) is 5.22. The molecular formula is C14H22N2. The number of rotatable bonds is 2. The van der Waals surface area contributed by atoms with E-state index in [2.05, 4.69) is 30.9 Å². The molecule has 1 aliphatic heterocycles. The number of hydrogen-bond acceptors (Lipinski definition) is 2. The van der Waals surface area contributed by atoms with E-state index in [0.29, 0.717) is 0 Å². The molecule has 0 spiro atoms. The van der Waals surface area contributed by atoms with E-state index in [1.54, 1.807) is 0 Å². The Kier molecular flexibility index (Phi) is 3.49. The summed E-state index contributed by atoms with van der Waals surface area (Å²) in [5.74, 6) is 1.70. The monoisotopic (exact) mass is 218 g/mol. The number of hydrogen-bond donors (Lipinski definition) is 1. The summed E-state index contributed by atoms with van der Waals surface area (Å²) in [5, 5.41) is 0. The van der Waals surface area contributed by atoms with Crippen molar-refractivity contribution >= 4 is 5.69 Å². The molecule has 0 radical (unpaired) electrons. The molecule has 16 heavy (non-hydrogen) atoms. The van der Waals surface area contributed by atoms with Crippen LogP contribution in [0.4, 0.5) is 5.69 Å². The number of anilines is 1. The molecule has 1 heterocycles. The van der Waals surface area contributed by atoms with Crippen molar-refractivity contribution in [1.29, 1.82) is 0 Å². The van der Waals surface area contributed by atoms with E-state index in [1.807, 2.05) is 12.1 Å². The maximum atomic E-state index is 5.69. The second kappa shape index (κ2) is 4.88. The van der Waals surface area contributed by atoms with Crippen LogP contribution in [-0.4, -0.2) is 18.0 Å². The largest absolute Gasteiger partial charge is 0.399 e. The van der Waals surface area contributed by atoms with Crippen molar-refractivity contribution in [3.05, 3.63) is 29.8 Å². The molecule has 88 valence electrons. The Morgan fingerprint density at radius 3 is 2.50 bits per heavy atom. The van der Waals surface area contributed by atoms with E-state index in [4.69, 9.17) is 5.73 Å². The fraction of sp³-hybridized carbons (Fsp3) is 0.571. The van der Waals surface area contributed by atoms with Crippen LogP contribution in [0.25, 0.3) is 0 Å². The van der Waals surface area contributed by atoms with Gasteiger partial charge in [-0.3, -0.25) is 4.90 Å². The fourth-order valence-corrected chi connectivity index (χ4v) is 2.37. The summed E-state index contributed by atoms with van der Waals surface area (Å²) < 4.78 is 0. The van der Waals surface area contributed by atoms with Gasteiger partial charge in [0.2, 0.25) is 0 Å². The van der Waals surface area contributed by atoms with Crippen molar-refractivity contribution in [3.8, 4) is 0 Å². The van der Waals surface area contributed by atoms with Crippen molar-refractivity contribution in [2.45, 2.75) is 26.8 Å². The zero-order valence-corrected chi connectivity index (χ0v) is 10.3. The summed E-state index contributed by atoms with van der Waals surface area (Å²) in [6, 6.07) is 8.26. The van der Waals surface area contributed by atoms with Gasteiger partial charge in [-0.05, 0) is 42.5 Å². The van der Waals surface area contributed by atoms with Gasteiger partial charge in [0.1, 0.15) is 0 Å². The van der Waals surface area contributed by atoms with Crippen LogP contribution < -0.4 is 5.73 Å². The minimum Gasteiger partial charge on any atom is -0.399 e. The van der Waals surface area contributed by atoms with Gasteiger partial charge in [0.15, 0.2) is 0 Å². The lowest BCUT2D eigenvalue weighted by molar-refractivity contribution is 0.132. The topological polar surface area (TPSA) is 29.3 Å². The SMILES string of the molecule is CC1CCN(Cc2ccc(N)cc2)CC1C. The zero-order valence-electron chi connectivity index (χ0n) is 10.3. The molecule has 2 nitrogen and oxygen atoms in total. The first-order chi connectivity index (χ1) is 7.65. The first-order valence-corrected chi connectivity index (χ1v) is 6.22. The molecular weight excluding hydrogens is 196 g/mol. The molecule has 1 fully saturated rings. The highest BCUT2D eigenvalue weighted by Crippen LogP contribution is 2.23. The maximum Gasteiger partial charge on any atom is 0.0314 e. The van der Waals surface area contributed by atoms with Gasteiger partial charge in [-0.2, -0.15) is 0 Å². The number of likely N-dealkylation sites (tertiary alicyclic amines) is 1. The van der Waals surface area contributed by atoms with Gasteiger partial charge in [0.05, 0.1) is 0 Å². The smallest absolute Gasteiger partial charge is 0.0314 e. The third kappa shape index (κ3) is 2.76. The third-order valence-corrected chi connectivity index (χ3v) is 3.80. The first-order valence-electron chi connectivity index (χ1n) is 6.22. The van der Waals surface area contributed by atoms with Crippen molar-refractivity contribution in [2.24, 2.45) is 11.8 Å². The number of benzene rings is 1. The van der Waals surface area contributed by atoms with E-state index in [-0.39, 0.29) is 0 Å². The summed E-state index contributed by atoms with van der Waals surface area (Å²) in [7, 11) is 0. The van der Waals surface area contributed by atoms with Crippen LogP contribution in [0.2, 0.25) is 0 Å². The molecule has 2 heteroatoms. The molecule has 2 rings (SSSR count). The van der Waals surface area contributed by atoms with Gasteiger partial charge in [0, 0.05) is 18.8 Å². The lowest BCUT2D eigenvalue weighted by Crippen LogP contribution is -2.37. The van der Waals surface area contributed by atoms with Gasteiger partial charge < -0.3 is 5.73 Å². The van der Waals surface area contributed by atoms with Crippen LogP contribution >= 0.6 is 0 Å². The molecule has 0 aliphatic carbocycles. The van der Waals surface area contributed by atoms with Gasteiger partial charge in [-0.25, -0.2) is 0 Å². The molecule has 0 bridgehead atoms. The van der Waals surface area contributed by atoms with E-state index in [0.717, 1.165) is 24.1 Å². The highest BCUT2D eigenvalue weighted by Gasteiger charge is 2.22. The van der Waals surface area contributed by atoms with Gasteiger partial charge >= 0.3 is 0 Å². The first kappa shape index (κ1) is 11.5. The Hall–Kier alpha value is -1.02. The maximum absolute atomic E-state index is 5.69. The number of nitrogens with zero attached hydrogens (tertiary/aromatic N) is 1. The minimum atomic E-state index is 0.822. The molecule has 1 aliphatic rings. The summed E-state index contributed by atoms with van der Waals surface area (Å²) in [5.41, 5.74) is 7.91. The number of piperidine rings is 1. The van der Waals surface area contributed by atoms with Crippen LogP contribution in [0.1, 0.15) is 25.8 Å². The Morgan fingerprint density at radius 1 is 1.19 bits per heavy atom. The predicted octanol–water partition coefficient (Wildman–Crippen LogP) is 2.75. The van der Waals surface area contributed by atoms with E-state index in [9.17, 15) is 0 Å². The van der Waals surface area contributed by atoms with Crippen molar-refractivity contribution < 1.29 is 0 Å². The van der Waals surface area contributed by atoms with Gasteiger partial charge in [-0.1, -0.05) is 26.0 Å². The molecule has 0 saturated carbocycles. The Balaban J connectivity index is 1.93. The van der Waals surface area contributed by atoms with Crippen molar-refractivity contribution in [1.82, 2.24) is 4.90 Å². The van der Waals surface area contributed by atoms with Gasteiger partial charge in [-0.15, -0.1) is 0 Å². The minimum absolute atomic E-state index is 0.822. The standard InChI is InChI=1S/C14H22N2/c1-11-7-8-16(9-12(11)2)10-13-3-5-14(15)6-4-13/h3-6,11-12H,7-10,15H2,1-2H3. The van der Waals surface area contributed by atoms with Gasteiger partial charge in [0.25, 0.3) is 0 Å². The summed E-state index contributed by atoms with van der Waals surface area (Å²) in [6.07, 6.45) is 1.33. The second-order valence-electron chi connectivity index (χ2n) is 5.22. The Morgan fingerprint density at radius 2 is 1.88 bits per heavy atom. The molecule has 0 aromatic heterocycles. The molecule has 1 aromatic carbocycles. The van der Waals surface area contributed by atoms with Crippen LogP contribution in [0.3, 0.4) is 0 Å². The Bertz CT molecular complexity index is 331. The summed E-state index contributed by atoms with van der Waals surface area (Å²) >= 11 is 0. The summed E-state index contributed by atoms with van der Waals surface area (Å²) in [4.78, 5) is 2.55. The fourth-order valence-electron chi connectivity index (χ4n) is 2.37. The molecule has 1 aromatic rings. The molecule has 2 N–H and O–H groups in total. The third-order valence-electron chi connectivity index (χ3n) is 3.80. The van der Waals surface area contributed by atoms with Crippen molar-refractivity contribution in [2.75, 3.05) is 18.8 Å². The summed E-state index contributed by atoms with van der Waals surface area (Å²) in [6.45, 7) is 8.25. The lowest BCUT2D eigenvalue weighted by atomic mass is 9.88. The lowest BCUT2D eigenvalue weighted by Gasteiger charge is -2.35. The molecule has 0 amide bonds. The van der Waals surface area contributed by atoms with Crippen LogP contribution in [0.5, 0.6) is 0 Å². The number of nitrogens with two attached hydrogens (primary N) is 1. The van der Waals surface area contributed by atoms with E-state index < -0.39 is 0 Å². The quantitative estimate of drug-likeness (QED) is 0.773. The van der Waals surface area contributed by atoms with Crippen molar-refractivity contribution in [3.63, 3.8) is 0 Å². The normalized spacial score (nSPS) is 26.9. The van der Waals surface area contributed by atoms with Crippen LogP contribution in [-0.2, 0) is 6.54 Å². The average molecular weight is 218 g/mol. The van der Waals surface area contributed by atoms with Crippen LogP contribution in [0, 0.1) is 11.8 Å².